The van der Waals surface area contributed by atoms with Crippen molar-refractivity contribution in [3.63, 3.8) is 0 Å². The summed E-state index contributed by atoms with van der Waals surface area (Å²) in [6.07, 6.45) is 0. The van der Waals surface area contributed by atoms with Gasteiger partial charge in [0.2, 0.25) is 0 Å². The summed E-state index contributed by atoms with van der Waals surface area (Å²) in [6.45, 7) is 8.36. The lowest BCUT2D eigenvalue weighted by atomic mass is 9.95. The summed E-state index contributed by atoms with van der Waals surface area (Å²) in [5.41, 5.74) is 7.41. The lowest BCUT2D eigenvalue weighted by Crippen LogP contribution is -2.18. The number of furan rings is 1. The highest BCUT2D eigenvalue weighted by atomic mass is 16.3. The van der Waals surface area contributed by atoms with E-state index in [0.717, 1.165) is 22.0 Å². The summed E-state index contributed by atoms with van der Waals surface area (Å²) in [6, 6.07) is 0. The van der Waals surface area contributed by atoms with E-state index in [9.17, 15) is 4.79 Å². The highest BCUT2D eigenvalue weighted by Crippen LogP contribution is 2.37. The van der Waals surface area contributed by atoms with Crippen molar-refractivity contribution in [3.05, 3.63) is 27.9 Å². The molecular weight excluding hydrogens is 266 g/mol. The molecule has 1 aromatic carbocycles. The molecule has 21 heavy (non-hydrogen) atoms. The van der Waals surface area contributed by atoms with Crippen LogP contribution in [0.15, 0.2) is 4.42 Å². The van der Waals surface area contributed by atoms with Crippen LogP contribution in [-0.4, -0.2) is 22.7 Å². The number of carbonyl (C=O) groups excluding carboxylic acids is 1. The molecule has 5 nitrogen and oxygen atoms in total. The highest BCUT2D eigenvalue weighted by Gasteiger charge is 2.24. The van der Waals surface area contributed by atoms with Crippen molar-refractivity contribution in [2.75, 3.05) is 7.05 Å². The zero-order chi connectivity index (χ0) is 15.5. The highest BCUT2D eigenvalue weighted by molar-refractivity contribution is 6.13. The van der Waals surface area contributed by atoms with E-state index >= 15 is 0 Å². The second-order valence-electron chi connectivity index (χ2n) is 5.54. The number of benzene rings is 1. The Labute approximate surface area is 122 Å². The molecule has 0 atom stereocenters. The van der Waals surface area contributed by atoms with Gasteiger partial charge in [0.15, 0.2) is 11.3 Å². The standard InChI is InChI=1S/C16H19N3O2/c1-7-8(2)10(4)14-11(9(7)3)13-15(21-14)12(16(20)17-5)18-19(13)6/h1-6H3,(H,17,20). The van der Waals surface area contributed by atoms with Gasteiger partial charge in [0.05, 0.1) is 0 Å². The van der Waals surface area contributed by atoms with Crippen molar-refractivity contribution in [2.45, 2.75) is 27.7 Å². The van der Waals surface area contributed by atoms with Crippen LogP contribution in [0.5, 0.6) is 0 Å². The third kappa shape index (κ3) is 1.63. The van der Waals surface area contributed by atoms with Gasteiger partial charge in [0.25, 0.3) is 5.91 Å². The van der Waals surface area contributed by atoms with Crippen molar-refractivity contribution in [3.8, 4) is 0 Å². The Morgan fingerprint density at radius 2 is 1.67 bits per heavy atom. The van der Waals surface area contributed by atoms with E-state index in [1.807, 2.05) is 7.05 Å². The van der Waals surface area contributed by atoms with Crippen molar-refractivity contribution in [2.24, 2.45) is 7.05 Å². The van der Waals surface area contributed by atoms with E-state index in [1.54, 1.807) is 11.7 Å². The second kappa shape index (κ2) is 4.35. The molecule has 1 amide bonds. The molecule has 0 unspecified atom stereocenters. The maximum Gasteiger partial charge on any atom is 0.275 e. The van der Waals surface area contributed by atoms with E-state index in [2.05, 4.69) is 38.1 Å². The smallest absolute Gasteiger partial charge is 0.275 e. The monoisotopic (exact) mass is 285 g/mol. The lowest BCUT2D eigenvalue weighted by molar-refractivity contribution is 0.0958. The van der Waals surface area contributed by atoms with Crippen molar-refractivity contribution >= 4 is 28.0 Å². The minimum absolute atomic E-state index is 0.233. The number of nitrogens with zero attached hydrogens (tertiary/aromatic N) is 2. The molecule has 5 heteroatoms. The molecule has 0 aliphatic rings. The first-order valence-corrected chi connectivity index (χ1v) is 6.96. The van der Waals surface area contributed by atoms with Crippen LogP contribution in [0.2, 0.25) is 0 Å². The lowest BCUT2D eigenvalue weighted by Gasteiger charge is -2.10. The number of amides is 1. The third-order valence-corrected chi connectivity index (χ3v) is 4.52. The van der Waals surface area contributed by atoms with Gasteiger partial charge in [-0.25, -0.2) is 0 Å². The molecule has 0 spiro atoms. The summed E-state index contributed by atoms with van der Waals surface area (Å²) in [5.74, 6) is -0.233. The van der Waals surface area contributed by atoms with Crippen LogP contribution >= 0.6 is 0 Å². The molecule has 110 valence electrons. The predicted octanol–water partition coefficient (Wildman–Crippen LogP) is 2.91. The van der Waals surface area contributed by atoms with Crippen LogP contribution in [0, 0.1) is 27.7 Å². The Hall–Kier alpha value is -2.30. The average Bonchev–Trinajstić information content (AvgIpc) is 3.00. The van der Waals surface area contributed by atoms with Gasteiger partial charge in [-0.2, -0.15) is 5.10 Å². The molecule has 0 bridgehead atoms. The van der Waals surface area contributed by atoms with Crippen LogP contribution in [0.3, 0.4) is 0 Å². The number of carbonyl (C=O) groups is 1. The molecule has 3 aromatic rings. The number of nitrogens with one attached hydrogen (secondary N) is 1. The molecule has 0 saturated carbocycles. The summed E-state index contributed by atoms with van der Waals surface area (Å²) < 4.78 is 7.76. The molecule has 0 radical (unpaired) electrons. The second-order valence-corrected chi connectivity index (χ2v) is 5.54. The minimum Gasteiger partial charge on any atom is -0.451 e. The first kappa shape index (κ1) is 13.7. The number of aromatic nitrogens is 2. The third-order valence-electron chi connectivity index (χ3n) is 4.52. The van der Waals surface area contributed by atoms with Gasteiger partial charge in [-0.3, -0.25) is 9.48 Å². The maximum absolute atomic E-state index is 12.0. The molecule has 0 aliphatic carbocycles. The molecule has 1 N–H and O–H groups in total. The first-order valence-electron chi connectivity index (χ1n) is 6.96. The van der Waals surface area contributed by atoms with Crippen LogP contribution in [-0.2, 0) is 7.05 Å². The van der Waals surface area contributed by atoms with E-state index in [-0.39, 0.29) is 5.91 Å². The molecule has 2 heterocycles. The molecular formula is C16H19N3O2. The van der Waals surface area contributed by atoms with E-state index in [1.165, 1.54) is 16.7 Å². The van der Waals surface area contributed by atoms with Gasteiger partial charge < -0.3 is 9.73 Å². The average molecular weight is 285 g/mol. The minimum atomic E-state index is -0.233. The van der Waals surface area contributed by atoms with Gasteiger partial charge in [-0.1, -0.05) is 0 Å². The van der Waals surface area contributed by atoms with Gasteiger partial charge in [-0.05, 0) is 49.9 Å². The molecule has 3 rings (SSSR count). The number of aryl methyl sites for hydroxylation is 3. The fourth-order valence-corrected chi connectivity index (χ4v) is 2.94. The number of hydrogen-bond acceptors (Lipinski definition) is 3. The SMILES string of the molecule is CNC(=O)c1nn(C)c2c1oc1c(C)c(C)c(C)c(C)c12. The fraction of sp³-hybridized carbons (Fsp3) is 0.375. The zero-order valence-electron chi connectivity index (χ0n) is 13.2. The van der Waals surface area contributed by atoms with E-state index in [4.69, 9.17) is 4.42 Å². The predicted molar refractivity (Wildman–Crippen MR) is 82.8 cm³/mol. The quantitative estimate of drug-likeness (QED) is 0.748. The maximum atomic E-state index is 12.0. The van der Waals surface area contributed by atoms with Gasteiger partial charge in [0, 0.05) is 19.5 Å². The molecule has 0 saturated heterocycles. The van der Waals surface area contributed by atoms with Crippen LogP contribution in [0.25, 0.3) is 22.1 Å². The number of rotatable bonds is 1. The molecule has 2 aromatic heterocycles. The Balaban J connectivity index is 2.56. The normalized spacial score (nSPS) is 11.5. The largest absolute Gasteiger partial charge is 0.451 e. The summed E-state index contributed by atoms with van der Waals surface area (Å²) in [4.78, 5) is 12.0. The Morgan fingerprint density at radius 1 is 1.05 bits per heavy atom. The first-order chi connectivity index (χ1) is 9.88. The zero-order valence-corrected chi connectivity index (χ0v) is 13.2. The van der Waals surface area contributed by atoms with Crippen LogP contribution < -0.4 is 5.32 Å². The Kier molecular flexibility index (Phi) is 2.83. The van der Waals surface area contributed by atoms with E-state index in [0.29, 0.717) is 11.3 Å². The number of fused-ring (bicyclic) bond motifs is 3. The Morgan fingerprint density at radius 3 is 2.29 bits per heavy atom. The van der Waals surface area contributed by atoms with E-state index < -0.39 is 0 Å². The summed E-state index contributed by atoms with van der Waals surface area (Å²) in [7, 11) is 3.43. The number of hydrogen-bond donors (Lipinski definition) is 1. The van der Waals surface area contributed by atoms with Crippen molar-refractivity contribution in [1.29, 1.82) is 0 Å². The molecule has 0 fully saturated rings. The fourth-order valence-electron chi connectivity index (χ4n) is 2.94. The summed E-state index contributed by atoms with van der Waals surface area (Å²) in [5, 5.41) is 7.96. The Bertz CT molecular complexity index is 900. The van der Waals surface area contributed by atoms with Crippen molar-refractivity contribution < 1.29 is 9.21 Å². The van der Waals surface area contributed by atoms with Gasteiger partial charge in [0.1, 0.15) is 11.1 Å². The van der Waals surface area contributed by atoms with Gasteiger partial charge >= 0.3 is 0 Å². The van der Waals surface area contributed by atoms with Crippen LogP contribution in [0.4, 0.5) is 0 Å². The summed E-state index contributed by atoms with van der Waals surface area (Å²) >= 11 is 0. The topological polar surface area (TPSA) is 60.1 Å². The van der Waals surface area contributed by atoms with Crippen molar-refractivity contribution in [1.82, 2.24) is 15.1 Å². The molecule has 0 aliphatic heterocycles. The van der Waals surface area contributed by atoms with Gasteiger partial charge in [-0.15, -0.1) is 0 Å². The van der Waals surface area contributed by atoms with Crippen LogP contribution in [0.1, 0.15) is 32.7 Å².